The molecule has 0 radical (unpaired) electrons. The van der Waals surface area contributed by atoms with Gasteiger partial charge in [-0.25, -0.2) is 13.2 Å². The van der Waals surface area contributed by atoms with E-state index in [0.29, 0.717) is 17.9 Å². The largest absolute Gasteiger partial charge is 0.494 e. The number of Topliss-reactive ketones (excluding diaryl/α,β-unsaturated/α-hetero) is 1. The molecule has 0 saturated carbocycles. The number of carbonyl (C=O) groups is 2. The van der Waals surface area contributed by atoms with E-state index in [9.17, 15) is 18.0 Å². The molecule has 7 nitrogen and oxygen atoms in total. The summed E-state index contributed by atoms with van der Waals surface area (Å²) in [5.74, 6) is -0.295. The van der Waals surface area contributed by atoms with E-state index in [1.54, 1.807) is 30.3 Å². The van der Waals surface area contributed by atoms with Crippen molar-refractivity contribution < 1.29 is 27.5 Å². The van der Waals surface area contributed by atoms with Crippen molar-refractivity contribution in [3.05, 3.63) is 65.7 Å². The number of nitrogens with one attached hydrogen (secondary N) is 1. The maximum Gasteiger partial charge on any atom is 0.331 e. The summed E-state index contributed by atoms with van der Waals surface area (Å²) in [6, 6.07) is 13.0. The van der Waals surface area contributed by atoms with Crippen molar-refractivity contribution in [1.82, 2.24) is 0 Å². The number of rotatable bonds is 9. The average molecular weight is 403 g/mol. The van der Waals surface area contributed by atoms with Crippen LogP contribution in [0.4, 0.5) is 5.69 Å². The van der Waals surface area contributed by atoms with Crippen LogP contribution in [0, 0.1) is 0 Å². The zero-order valence-corrected chi connectivity index (χ0v) is 16.4. The Labute approximate surface area is 164 Å². The molecule has 2 aromatic rings. The number of ether oxygens (including phenoxy) is 2. The molecule has 0 spiro atoms. The Balaban J connectivity index is 1.85. The summed E-state index contributed by atoms with van der Waals surface area (Å²) in [4.78, 5) is 23.8. The van der Waals surface area contributed by atoms with E-state index in [1.807, 2.05) is 6.92 Å². The molecule has 0 aliphatic heterocycles. The minimum absolute atomic E-state index is 0.308. The van der Waals surface area contributed by atoms with Crippen LogP contribution < -0.4 is 9.46 Å². The molecule has 8 heteroatoms. The molecular weight excluding hydrogens is 382 g/mol. The van der Waals surface area contributed by atoms with Crippen LogP contribution in [0.1, 0.15) is 22.8 Å². The van der Waals surface area contributed by atoms with Gasteiger partial charge in [0.1, 0.15) is 5.75 Å². The summed E-state index contributed by atoms with van der Waals surface area (Å²) in [6.45, 7) is 2.06. The van der Waals surface area contributed by atoms with Gasteiger partial charge >= 0.3 is 5.97 Å². The van der Waals surface area contributed by atoms with Crippen molar-refractivity contribution in [1.29, 1.82) is 0 Å². The molecule has 0 amide bonds. The highest BCUT2D eigenvalue weighted by atomic mass is 32.2. The Hall–Kier alpha value is -3.13. The van der Waals surface area contributed by atoms with E-state index in [1.165, 1.54) is 30.3 Å². The summed E-state index contributed by atoms with van der Waals surface area (Å²) >= 11 is 0. The fraction of sp³-hybridized carbons (Fsp3) is 0.200. The van der Waals surface area contributed by atoms with Gasteiger partial charge in [0.05, 0.1) is 12.9 Å². The first kappa shape index (κ1) is 21.2. The van der Waals surface area contributed by atoms with Crippen molar-refractivity contribution >= 4 is 33.5 Å². The number of esters is 1. The molecule has 0 aliphatic carbocycles. The average Bonchev–Trinajstić information content (AvgIpc) is 2.65. The molecule has 0 atom stereocenters. The summed E-state index contributed by atoms with van der Waals surface area (Å²) in [7, 11) is -3.39. The standard InChI is InChI=1S/C20H21NO6S/c1-3-26-18-11-4-15(5-12-18)6-13-20(23)27-14-19(22)16-7-9-17(10-8-16)21-28(2,24)25/h4-13,21H,3,14H2,1-2H3/b13-6+. The quantitative estimate of drug-likeness (QED) is 0.393. The van der Waals surface area contributed by atoms with Gasteiger partial charge < -0.3 is 9.47 Å². The highest BCUT2D eigenvalue weighted by Crippen LogP contribution is 2.13. The highest BCUT2D eigenvalue weighted by molar-refractivity contribution is 7.92. The van der Waals surface area contributed by atoms with Crippen LogP contribution in [0.2, 0.25) is 0 Å². The lowest BCUT2D eigenvalue weighted by molar-refractivity contribution is -0.136. The predicted octanol–water partition coefficient (Wildman–Crippen LogP) is 2.90. The van der Waals surface area contributed by atoms with E-state index in [4.69, 9.17) is 9.47 Å². The second-order valence-corrected chi connectivity index (χ2v) is 7.57. The third-order valence-corrected chi connectivity index (χ3v) is 4.07. The van der Waals surface area contributed by atoms with Gasteiger partial charge in [-0.2, -0.15) is 0 Å². The highest BCUT2D eigenvalue weighted by Gasteiger charge is 2.09. The Kier molecular flexibility index (Phi) is 7.34. The van der Waals surface area contributed by atoms with Gasteiger partial charge in [0, 0.05) is 17.3 Å². The number of benzene rings is 2. The molecule has 0 heterocycles. The summed E-state index contributed by atoms with van der Waals surface area (Å²) in [5, 5.41) is 0. The first-order valence-electron chi connectivity index (χ1n) is 8.45. The Morgan fingerprint density at radius 1 is 1.04 bits per heavy atom. The van der Waals surface area contributed by atoms with E-state index < -0.39 is 28.4 Å². The number of sulfonamides is 1. The second kappa shape index (κ2) is 9.70. The summed E-state index contributed by atoms with van der Waals surface area (Å²) in [6.07, 6.45) is 3.85. The van der Waals surface area contributed by atoms with Gasteiger partial charge in [0.2, 0.25) is 10.0 Å². The zero-order chi connectivity index (χ0) is 20.6. The number of hydrogen-bond acceptors (Lipinski definition) is 6. The number of anilines is 1. The van der Waals surface area contributed by atoms with Crippen LogP contribution in [0.15, 0.2) is 54.6 Å². The van der Waals surface area contributed by atoms with Crippen LogP contribution in [-0.4, -0.2) is 39.6 Å². The van der Waals surface area contributed by atoms with Gasteiger partial charge in [-0.15, -0.1) is 0 Å². The maximum absolute atomic E-state index is 12.1. The van der Waals surface area contributed by atoms with Crippen molar-refractivity contribution in [2.24, 2.45) is 0 Å². The second-order valence-electron chi connectivity index (χ2n) is 5.82. The minimum atomic E-state index is -3.39. The third kappa shape index (κ3) is 7.24. The molecule has 0 aliphatic rings. The molecule has 0 saturated heterocycles. The van der Waals surface area contributed by atoms with Gasteiger partial charge in [0.25, 0.3) is 0 Å². The van der Waals surface area contributed by atoms with Crippen LogP contribution in [0.5, 0.6) is 5.75 Å². The molecule has 28 heavy (non-hydrogen) atoms. The fourth-order valence-electron chi connectivity index (χ4n) is 2.21. The SMILES string of the molecule is CCOc1ccc(/C=C/C(=O)OCC(=O)c2ccc(NS(C)(=O)=O)cc2)cc1. The third-order valence-electron chi connectivity index (χ3n) is 3.46. The van der Waals surface area contributed by atoms with E-state index in [0.717, 1.165) is 17.6 Å². The van der Waals surface area contributed by atoms with E-state index in [-0.39, 0.29) is 0 Å². The van der Waals surface area contributed by atoms with Crippen LogP contribution >= 0.6 is 0 Å². The van der Waals surface area contributed by atoms with Crippen LogP contribution in [0.3, 0.4) is 0 Å². The van der Waals surface area contributed by atoms with Crippen LogP contribution in [0.25, 0.3) is 6.08 Å². The normalized spacial score (nSPS) is 11.2. The molecule has 2 aromatic carbocycles. The van der Waals surface area contributed by atoms with E-state index in [2.05, 4.69) is 4.72 Å². The number of carbonyl (C=O) groups excluding carboxylic acids is 2. The Bertz CT molecular complexity index is 947. The molecular formula is C20H21NO6S. The molecule has 0 aromatic heterocycles. The minimum Gasteiger partial charge on any atom is -0.494 e. The fourth-order valence-corrected chi connectivity index (χ4v) is 2.78. The predicted molar refractivity (Wildman–Crippen MR) is 107 cm³/mol. The summed E-state index contributed by atoms with van der Waals surface area (Å²) in [5.41, 5.74) is 1.44. The van der Waals surface area contributed by atoms with Crippen molar-refractivity contribution in [3.8, 4) is 5.75 Å². The van der Waals surface area contributed by atoms with Crippen molar-refractivity contribution in [3.63, 3.8) is 0 Å². The topological polar surface area (TPSA) is 98.8 Å². The molecule has 2 rings (SSSR count). The van der Waals surface area contributed by atoms with Crippen molar-refractivity contribution in [2.75, 3.05) is 24.2 Å². The summed E-state index contributed by atoms with van der Waals surface area (Å²) < 4.78 is 34.9. The lowest BCUT2D eigenvalue weighted by atomic mass is 10.1. The smallest absolute Gasteiger partial charge is 0.331 e. The van der Waals surface area contributed by atoms with Gasteiger partial charge in [-0.05, 0) is 55.0 Å². The number of hydrogen-bond donors (Lipinski definition) is 1. The number of ketones is 1. The molecule has 1 N–H and O–H groups in total. The van der Waals surface area contributed by atoms with Crippen molar-refractivity contribution in [2.45, 2.75) is 6.92 Å². The lowest BCUT2D eigenvalue weighted by Gasteiger charge is -2.05. The van der Waals surface area contributed by atoms with Gasteiger partial charge in [-0.1, -0.05) is 12.1 Å². The molecule has 0 unspecified atom stereocenters. The van der Waals surface area contributed by atoms with E-state index >= 15 is 0 Å². The lowest BCUT2D eigenvalue weighted by Crippen LogP contribution is -2.13. The molecule has 0 bridgehead atoms. The Morgan fingerprint density at radius 2 is 1.68 bits per heavy atom. The first-order valence-corrected chi connectivity index (χ1v) is 10.3. The molecule has 0 fully saturated rings. The van der Waals surface area contributed by atoms with Gasteiger partial charge in [-0.3, -0.25) is 9.52 Å². The monoisotopic (exact) mass is 403 g/mol. The van der Waals surface area contributed by atoms with Crippen LogP contribution in [-0.2, 0) is 19.6 Å². The Morgan fingerprint density at radius 3 is 2.25 bits per heavy atom. The van der Waals surface area contributed by atoms with Gasteiger partial charge in [0.15, 0.2) is 12.4 Å². The molecule has 148 valence electrons. The first-order chi connectivity index (χ1) is 13.3. The zero-order valence-electron chi connectivity index (χ0n) is 15.5. The maximum atomic E-state index is 12.1.